The molecule has 1 N–H and O–H groups in total. The topological polar surface area (TPSA) is 24.9 Å². The highest BCUT2D eigenvalue weighted by Gasteiger charge is 2.14. The number of aryl methyl sites for hydroxylation is 3. The van der Waals surface area contributed by atoms with Gasteiger partial charge in [0.05, 0.1) is 11.7 Å². The molecule has 1 aromatic carbocycles. The number of hydrogen-bond acceptors (Lipinski definition) is 2. The molecule has 0 fully saturated rings. The molecule has 0 aliphatic heterocycles. The predicted molar refractivity (Wildman–Crippen MR) is 89.5 cm³/mol. The summed E-state index contributed by atoms with van der Waals surface area (Å²) in [5, 5.41) is 3.65. The van der Waals surface area contributed by atoms with Crippen molar-refractivity contribution in [1.29, 1.82) is 0 Å². The Balaban J connectivity index is 2.10. The molecule has 0 radical (unpaired) electrons. The van der Waals surface area contributed by atoms with E-state index in [4.69, 9.17) is 0 Å². The monoisotopic (exact) mass is 282 g/mol. The van der Waals surface area contributed by atoms with E-state index in [1.165, 1.54) is 22.4 Å². The lowest BCUT2D eigenvalue weighted by Crippen LogP contribution is -2.24. The van der Waals surface area contributed by atoms with Crippen LogP contribution in [0.2, 0.25) is 0 Å². The van der Waals surface area contributed by atoms with Gasteiger partial charge in [0, 0.05) is 6.20 Å². The van der Waals surface area contributed by atoms with E-state index in [2.05, 4.69) is 67.5 Å². The Hall–Kier alpha value is -1.67. The molecule has 0 spiro atoms. The summed E-state index contributed by atoms with van der Waals surface area (Å²) in [6.07, 6.45) is 5.29. The van der Waals surface area contributed by atoms with Crippen molar-refractivity contribution in [3.05, 3.63) is 65.0 Å². The molecule has 2 rings (SSSR count). The molecule has 1 aromatic heterocycles. The second-order valence-electron chi connectivity index (χ2n) is 5.75. The molecule has 112 valence electrons. The van der Waals surface area contributed by atoms with Crippen LogP contribution in [-0.4, -0.2) is 11.5 Å². The summed E-state index contributed by atoms with van der Waals surface area (Å²) >= 11 is 0. The maximum Gasteiger partial charge on any atom is 0.0602 e. The van der Waals surface area contributed by atoms with Gasteiger partial charge >= 0.3 is 0 Å². The van der Waals surface area contributed by atoms with Gasteiger partial charge < -0.3 is 5.32 Å². The molecule has 0 aliphatic carbocycles. The van der Waals surface area contributed by atoms with Crippen molar-refractivity contribution in [3.63, 3.8) is 0 Å². The van der Waals surface area contributed by atoms with E-state index < -0.39 is 0 Å². The number of rotatable bonds is 7. The molecule has 2 heteroatoms. The highest BCUT2D eigenvalue weighted by atomic mass is 14.9. The average Bonchev–Trinajstić information content (AvgIpc) is 2.49. The average molecular weight is 282 g/mol. The van der Waals surface area contributed by atoms with Gasteiger partial charge in [0.2, 0.25) is 0 Å². The third kappa shape index (κ3) is 4.68. The third-order valence-corrected chi connectivity index (χ3v) is 3.79. The van der Waals surface area contributed by atoms with Gasteiger partial charge in [-0.2, -0.15) is 0 Å². The second-order valence-corrected chi connectivity index (χ2v) is 5.75. The van der Waals surface area contributed by atoms with Crippen molar-refractivity contribution in [1.82, 2.24) is 10.3 Å². The van der Waals surface area contributed by atoms with Gasteiger partial charge in [-0.1, -0.05) is 43.3 Å². The number of nitrogens with zero attached hydrogens (tertiary/aromatic N) is 1. The first-order valence-corrected chi connectivity index (χ1v) is 7.91. The standard InChI is InChI=1S/C19H26N2/c1-4-12-20-18(11-10-17-8-6-5-7-9-17)19-16(3)13-15(2)14-21-19/h5-9,13-14,18,20H,4,10-12H2,1-3H3. The summed E-state index contributed by atoms with van der Waals surface area (Å²) in [7, 11) is 0. The highest BCUT2D eigenvalue weighted by Crippen LogP contribution is 2.21. The van der Waals surface area contributed by atoms with E-state index in [1.807, 2.05) is 6.20 Å². The fraction of sp³-hybridized carbons (Fsp3) is 0.421. The Labute approximate surface area is 128 Å². The molecule has 0 bridgehead atoms. The van der Waals surface area contributed by atoms with Crippen molar-refractivity contribution >= 4 is 0 Å². The summed E-state index contributed by atoms with van der Waals surface area (Å²) < 4.78 is 0. The molecule has 1 atom stereocenters. The van der Waals surface area contributed by atoms with Gasteiger partial charge in [-0.15, -0.1) is 0 Å². The number of nitrogens with one attached hydrogen (secondary N) is 1. The molecule has 2 nitrogen and oxygen atoms in total. The van der Waals surface area contributed by atoms with E-state index >= 15 is 0 Å². The minimum atomic E-state index is 0.339. The van der Waals surface area contributed by atoms with Crippen LogP contribution in [0, 0.1) is 13.8 Å². The van der Waals surface area contributed by atoms with Crippen LogP contribution in [0.25, 0.3) is 0 Å². The summed E-state index contributed by atoms with van der Waals surface area (Å²) in [5.74, 6) is 0. The Morgan fingerprint density at radius 1 is 1.14 bits per heavy atom. The lowest BCUT2D eigenvalue weighted by Gasteiger charge is -2.20. The largest absolute Gasteiger partial charge is 0.309 e. The maximum atomic E-state index is 4.68. The second kappa shape index (κ2) is 7.94. The van der Waals surface area contributed by atoms with E-state index in [1.54, 1.807) is 0 Å². The summed E-state index contributed by atoms with van der Waals surface area (Å²) in [6, 6.07) is 13.3. The number of pyridine rings is 1. The normalized spacial score (nSPS) is 12.3. The van der Waals surface area contributed by atoms with Crippen LogP contribution in [0.3, 0.4) is 0 Å². The van der Waals surface area contributed by atoms with Crippen LogP contribution in [0.1, 0.15) is 48.2 Å². The third-order valence-electron chi connectivity index (χ3n) is 3.79. The smallest absolute Gasteiger partial charge is 0.0602 e. The fourth-order valence-corrected chi connectivity index (χ4v) is 2.70. The van der Waals surface area contributed by atoms with Crippen LogP contribution in [0.4, 0.5) is 0 Å². The summed E-state index contributed by atoms with van der Waals surface area (Å²) in [6.45, 7) is 7.51. The molecule has 0 aliphatic rings. The zero-order chi connectivity index (χ0) is 15.1. The first-order chi connectivity index (χ1) is 10.2. The first-order valence-electron chi connectivity index (χ1n) is 7.91. The Morgan fingerprint density at radius 2 is 1.90 bits per heavy atom. The van der Waals surface area contributed by atoms with Crippen LogP contribution >= 0.6 is 0 Å². The fourth-order valence-electron chi connectivity index (χ4n) is 2.70. The van der Waals surface area contributed by atoms with Gasteiger partial charge in [0.15, 0.2) is 0 Å². The molecular formula is C19H26N2. The molecule has 21 heavy (non-hydrogen) atoms. The van der Waals surface area contributed by atoms with E-state index in [0.29, 0.717) is 6.04 Å². The van der Waals surface area contributed by atoms with Crippen LogP contribution < -0.4 is 5.32 Å². The van der Waals surface area contributed by atoms with Gasteiger partial charge in [0.25, 0.3) is 0 Å². The van der Waals surface area contributed by atoms with E-state index in [0.717, 1.165) is 25.8 Å². The molecular weight excluding hydrogens is 256 g/mol. The van der Waals surface area contributed by atoms with Gasteiger partial charge in [0.1, 0.15) is 0 Å². The maximum absolute atomic E-state index is 4.68. The van der Waals surface area contributed by atoms with Crippen molar-refractivity contribution in [2.45, 2.75) is 46.1 Å². The SMILES string of the molecule is CCCNC(CCc1ccccc1)c1ncc(C)cc1C. The Bertz CT molecular complexity index is 549. The lowest BCUT2D eigenvalue weighted by atomic mass is 9.99. The molecule has 0 amide bonds. The first kappa shape index (κ1) is 15.7. The lowest BCUT2D eigenvalue weighted by molar-refractivity contribution is 0.486. The van der Waals surface area contributed by atoms with E-state index in [-0.39, 0.29) is 0 Å². The summed E-state index contributed by atoms with van der Waals surface area (Å²) in [4.78, 5) is 4.68. The van der Waals surface area contributed by atoms with Crippen molar-refractivity contribution in [2.24, 2.45) is 0 Å². The molecule has 1 heterocycles. The molecule has 1 unspecified atom stereocenters. The highest BCUT2D eigenvalue weighted by molar-refractivity contribution is 5.26. The zero-order valence-corrected chi connectivity index (χ0v) is 13.4. The minimum Gasteiger partial charge on any atom is -0.309 e. The molecule has 0 saturated carbocycles. The number of hydrogen-bond donors (Lipinski definition) is 1. The Kier molecular flexibility index (Phi) is 5.94. The van der Waals surface area contributed by atoms with Crippen molar-refractivity contribution < 1.29 is 0 Å². The van der Waals surface area contributed by atoms with Gasteiger partial charge in [-0.05, 0) is 56.3 Å². The zero-order valence-electron chi connectivity index (χ0n) is 13.4. The number of aromatic nitrogens is 1. The van der Waals surface area contributed by atoms with Crippen molar-refractivity contribution in [3.8, 4) is 0 Å². The Morgan fingerprint density at radius 3 is 2.57 bits per heavy atom. The van der Waals surface area contributed by atoms with Gasteiger partial charge in [-0.25, -0.2) is 0 Å². The molecule has 0 saturated heterocycles. The summed E-state index contributed by atoms with van der Waals surface area (Å²) in [5.41, 5.74) is 5.11. The minimum absolute atomic E-state index is 0.339. The number of benzene rings is 1. The quantitative estimate of drug-likeness (QED) is 0.815. The van der Waals surface area contributed by atoms with Crippen LogP contribution in [-0.2, 0) is 6.42 Å². The van der Waals surface area contributed by atoms with E-state index in [9.17, 15) is 0 Å². The van der Waals surface area contributed by atoms with Crippen LogP contribution in [0.15, 0.2) is 42.6 Å². The predicted octanol–water partition coefficient (Wildman–Crippen LogP) is 4.37. The van der Waals surface area contributed by atoms with Gasteiger partial charge in [-0.3, -0.25) is 4.98 Å². The van der Waals surface area contributed by atoms with Crippen LogP contribution in [0.5, 0.6) is 0 Å². The van der Waals surface area contributed by atoms with Crippen molar-refractivity contribution in [2.75, 3.05) is 6.54 Å². The molecule has 2 aromatic rings.